The van der Waals surface area contributed by atoms with Gasteiger partial charge in [0.25, 0.3) is 11.7 Å². The second-order valence-corrected chi connectivity index (χ2v) is 8.84. The zero-order valence-electron chi connectivity index (χ0n) is 18.8. The van der Waals surface area contributed by atoms with Crippen LogP contribution >= 0.6 is 0 Å². The summed E-state index contributed by atoms with van der Waals surface area (Å²) in [5.41, 5.74) is 0.920. The Morgan fingerprint density at radius 1 is 1.06 bits per heavy atom. The highest BCUT2D eigenvalue weighted by molar-refractivity contribution is 6.51. The zero-order valence-corrected chi connectivity index (χ0v) is 18.8. The van der Waals surface area contributed by atoms with E-state index >= 15 is 0 Å². The van der Waals surface area contributed by atoms with E-state index < -0.39 is 17.7 Å². The molecule has 1 saturated heterocycles. The van der Waals surface area contributed by atoms with Gasteiger partial charge in [-0.2, -0.15) is 0 Å². The van der Waals surface area contributed by atoms with Gasteiger partial charge in [-0.15, -0.1) is 0 Å². The van der Waals surface area contributed by atoms with Gasteiger partial charge in [-0.1, -0.05) is 32.9 Å². The smallest absolute Gasteiger partial charge is 0.300 e. The lowest BCUT2D eigenvalue weighted by Gasteiger charge is -2.25. The molecule has 170 valence electrons. The molecule has 2 aromatic carbocycles. The van der Waals surface area contributed by atoms with Crippen molar-refractivity contribution in [2.24, 2.45) is 0 Å². The molecule has 7 heteroatoms. The second kappa shape index (κ2) is 8.16. The molecular weight excluding hydrogens is 422 g/mol. The first kappa shape index (κ1) is 22.2. The molecule has 2 N–H and O–H groups in total. The number of aliphatic hydroxyl groups excluding tert-OH is 1. The largest absolute Gasteiger partial charge is 0.507 e. The molecule has 0 bridgehead atoms. The Kier molecular flexibility index (Phi) is 5.49. The molecule has 1 atom stereocenters. The molecule has 1 fully saturated rings. The number of aromatic hydroxyl groups is 1. The third-order valence-electron chi connectivity index (χ3n) is 5.68. The molecule has 1 unspecified atom stereocenters. The fourth-order valence-electron chi connectivity index (χ4n) is 4.06. The van der Waals surface area contributed by atoms with E-state index in [9.17, 15) is 19.8 Å². The predicted molar refractivity (Wildman–Crippen MR) is 123 cm³/mol. The summed E-state index contributed by atoms with van der Waals surface area (Å²) in [6, 6.07) is 13.5. The Morgan fingerprint density at radius 2 is 1.79 bits per heavy atom. The summed E-state index contributed by atoms with van der Waals surface area (Å²) in [4.78, 5) is 27.4. The average molecular weight is 447 g/mol. The Hall–Kier alpha value is -4.00. The number of hydrogen-bond acceptors (Lipinski definition) is 6. The van der Waals surface area contributed by atoms with Crippen molar-refractivity contribution in [2.45, 2.75) is 32.2 Å². The van der Waals surface area contributed by atoms with Gasteiger partial charge in [0.1, 0.15) is 29.1 Å². The number of para-hydroxylation sites is 2. The van der Waals surface area contributed by atoms with Crippen LogP contribution in [-0.4, -0.2) is 29.0 Å². The van der Waals surface area contributed by atoms with Gasteiger partial charge < -0.3 is 19.4 Å². The van der Waals surface area contributed by atoms with Crippen molar-refractivity contribution in [1.82, 2.24) is 0 Å². The van der Waals surface area contributed by atoms with E-state index in [0.717, 1.165) is 10.5 Å². The number of phenols is 1. The summed E-state index contributed by atoms with van der Waals surface area (Å²) in [6.45, 7) is 6.03. The molecule has 1 aliphatic heterocycles. The monoisotopic (exact) mass is 447 g/mol. The number of rotatable bonds is 4. The van der Waals surface area contributed by atoms with Gasteiger partial charge in [0.15, 0.2) is 0 Å². The fourth-order valence-corrected chi connectivity index (χ4v) is 4.06. The number of Topliss-reactive ketones (excluding diaryl/α,β-unsaturated/α-hetero) is 1. The van der Waals surface area contributed by atoms with Gasteiger partial charge in [0.2, 0.25) is 0 Å². The van der Waals surface area contributed by atoms with E-state index in [-0.39, 0.29) is 33.9 Å². The summed E-state index contributed by atoms with van der Waals surface area (Å²) in [5.74, 6) is -1.31. The number of phenolic OH excluding ortho intramolecular Hbond substituents is 1. The number of furan rings is 1. The number of methoxy groups -OCH3 is 1. The minimum absolute atomic E-state index is 0.122. The van der Waals surface area contributed by atoms with Crippen molar-refractivity contribution in [3.05, 3.63) is 83.3 Å². The molecular formula is C26H25NO6. The summed E-state index contributed by atoms with van der Waals surface area (Å²) in [5, 5.41) is 21.7. The highest BCUT2D eigenvalue weighted by Crippen LogP contribution is 2.45. The Bertz CT molecular complexity index is 1250. The Labute approximate surface area is 191 Å². The van der Waals surface area contributed by atoms with E-state index in [2.05, 4.69) is 0 Å². The molecule has 33 heavy (non-hydrogen) atoms. The lowest BCUT2D eigenvalue weighted by atomic mass is 9.84. The maximum Gasteiger partial charge on any atom is 0.300 e. The number of carbonyl (C=O) groups excluding carboxylic acids is 2. The van der Waals surface area contributed by atoms with Crippen LogP contribution in [0.25, 0.3) is 5.76 Å². The van der Waals surface area contributed by atoms with Gasteiger partial charge in [0.05, 0.1) is 24.6 Å². The molecule has 7 nitrogen and oxygen atoms in total. The third-order valence-corrected chi connectivity index (χ3v) is 5.68. The topological polar surface area (TPSA) is 100 Å². The second-order valence-electron chi connectivity index (χ2n) is 8.84. The number of hydrogen-bond donors (Lipinski definition) is 2. The minimum atomic E-state index is -1.05. The summed E-state index contributed by atoms with van der Waals surface area (Å²) >= 11 is 0. The van der Waals surface area contributed by atoms with Crippen LogP contribution in [0.1, 0.15) is 43.7 Å². The number of aliphatic hydroxyl groups is 1. The quantitative estimate of drug-likeness (QED) is 0.335. The zero-order chi connectivity index (χ0) is 23.9. The van der Waals surface area contributed by atoms with Crippen molar-refractivity contribution in [3.63, 3.8) is 0 Å². The lowest BCUT2D eigenvalue weighted by molar-refractivity contribution is -0.132. The van der Waals surface area contributed by atoms with Crippen LogP contribution in [0, 0.1) is 0 Å². The van der Waals surface area contributed by atoms with Gasteiger partial charge >= 0.3 is 0 Å². The van der Waals surface area contributed by atoms with Crippen molar-refractivity contribution >= 4 is 23.1 Å². The molecule has 2 heterocycles. The van der Waals surface area contributed by atoms with Gasteiger partial charge in [-0.25, -0.2) is 0 Å². The highest BCUT2D eigenvalue weighted by atomic mass is 16.5. The van der Waals surface area contributed by atoms with Crippen molar-refractivity contribution in [1.29, 1.82) is 0 Å². The first-order valence-corrected chi connectivity index (χ1v) is 10.5. The number of carbonyl (C=O) groups is 2. The first-order chi connectivity index (χ1) is 15.6. The van der Waals surface area contributed by atoms with Crippen LogP contribution in [0.2, 0.25) is 0 Å². The van der Waals surface area contributed by atoms with Gasteiger partial charge in [-0.05, 0) is 47.9 Å². The number of anilines is 1. The first-order valence-electron chi connectivity index (χ1n) is 10.5. The third kappa shape index (κ3) is 3.75. The van der Waals surface area contributed by atoms with E-state index in [1.54, 1.807) is 49.6 Å². The molecule has 0 aliphatic carbocycles. The predicted octanol–water partition coefficient (Wildman–Crippen LogP) is 4.92. The van der Waals surface area contributed by atoms with Crippen LogP contribution < -0.4 is 9.64 Å². The average Bonchev–Trinajstić information content (AvgIpc) is 3.40. The molecule has 3 aromatic rings. The van der Waals surface area contributed by atoms with Crippen LogP contribution in [0.5, 0.6) is 11.5 Å². The van der Waals surface area contributed by atoms with Crippen LogP contribution in [0.15, 0.2) is 70.9 Å². The fraction of sp³-hybridized carbons (Fsp3) is 0.231. The van der Waals surface area contributed by atoms with Crippen LogP contribution in [0.3, 0.4) is 0 Å². The van der Waals surface area contributed by atoms with E-state index in [4.69, 9.17) is 9.15 Å². The maximum atomic E-state index is 13.2. The standard InChI is InChI=1S/C26H25NO6/c1-26(2,3)16-14-15(11-12-19(16)32-4)23(29)21-22(20-10-7-13-33-20)27(25(31)24(21)30)17-8-5-6-9-18(17)28/h5-14,22,28-29H,1-4H3/b23-21-. The summed E-state index contributed by atoms with van der Waals surface area (Å²) in [7, 11) is 1.57. The van der Waals surface area contributed by atoms with Crippen LogP contribution in [0.4, 0.5) is 5.69 Å². The molecule has 0 saturated carbocycles. The van der Waals surface area contributed by atoms with Crippen molar-refractivity contribution < 1.29 is 29.0 Å². The van der Waals surface area contributed by atoms with Gasteiger partial charge in [0, 0.05) is 11.1 Å². The number of ether oxygens (including phenoxy) is 1. The normalized spacial score (nSPS) is 18.1. The lowest BCUT2D eigenvalue weighted by Crippen LogP contribution is -2.29. The highest BCUT2D eigenvalue weighted by Gasteiger charge is 2.49. The minimum Gasteiger partial charge on any atom is -0.507 e. The van der Waals surface area contributed by atoms with Crippen molar-refractivity contribution in [2.75, 3.05) is 12.0 Å². The molecule has 1 aromatic heterocycles. The SMILES string of the molecule is COc1ccc(/C(O)=C2/C(=O)C(=O)N(c3ccccc3O)C2c2ccco2)cc1C(C)(C)C. The number of amides is 1. The van der Waals surface area contributed by atoms with E-state index in [1.807, 2.05) is 20.8 Å². The Morgan fingerprint density at radius 3 is 2.39 bits per heavy atom. The number of nitrogens with zero attached hydrogens (tertiary/aromatic N) is 1. The van der Waals surface area contributed by atoms with Crippen molar-refractivity contribution in [3.8, 4) is 11.5 Å². The Balaban J connectivity index is 1.95. The maximum absolute atomic E-state index is 13.2. The molecule has 1 aliphatic rings. The van der Waals surface area contributed by atoms with Gasteiger partial charge in [-0.3, -0.25) is 14.5 Å². The molecule has 0 spiro atoms. The summed E-state index contributed by atoms with van der Waals surface area (Å²) < 4.78 is 11.0. The molecule has 0 radical (unpaired) electrons. The number of benzene rings is 2. The molecule has 1 amide bonds. The van der Waals surface area contributed by atoms with E-state index in [0.29, 0.717) is 11.3 Å². The van der Waals surface area contributed by atoms with E-state index in [1.165, 1.54) is 18.4 Å². The van der Waals surface area contributed by atoms with Crippen LogP contribution in [-0.2, 0) is 15.0 Å². The molecule has 4 rings (SSSR count). The number of ketones is 1. The summed E-state index contributed by atoms with van der Waals surface area (Å²) in [6.07, 6.45) is 1.42.